The third-order valence-electron chi connectivity index (χ3n) is 4.08. The molecule has 0 amide bonds. The third kappa shape index (κ3) is 1.71. The van der Waals surface area contributed by atoms with E-state index in [-0.39, 0.29) is 0 Å². The summed E-state index contributed by atoms with van der Waals surface area (Å²) in [5, 5.41) is 21.2. The largest absolute Gasteiger partial charge is 0.479 e. The van der Waals surface area contributed by atoms with Crippen molar-refractivity contribution in [1.82, 2.24) is 20.2 Å². The Hall–Kier alpha value is -2.24. The van der Waals surface area contributed by atoms with Crippen LogP contribution < -0.4 is 0 Å². The number of aryl methyl sites for hydroxylation is 2. The summed E-state index contributed by atoms with van der Waals surface area (Å²) in [5.74, 6) is -0.327. The summed E-state index contributed by atoms with van der Waals surface area (Å²) in [7, 11) is 0. The second-order valence-electron chi connectivity index (χ2n) is 5.42. The summed E-state index contributed by atoms with van der Waals surface area (Å²) in [4.78, 5) is 11.6. The number of hydrogen-bond donors (Lipinski definition) is 1. The number of nitrogens with zero attached hydrogens (tertiary/aromatic N) is 4. The highest BCUT2D eigenvalue weighted by atomic mass is 16.4. The van der Waals surface area contributed by atoms with Gasteiger partial charge in [-0.15, -0.1) is 5.10 Å². The normalized spacial score (nSPS) is 16.7. The molecular weight excluding hydrogens is 256 g/mol. The highest BCUT2D eigenvalue weighted by molar-refractivity contribution is 5.79. The van der Waals surface area contributed by atoms with Crippen molar-refractivity contribution >= 4 is 5.97 Å². The molecule has 0 saturated heterocycles. The Kier molecular flexibility index (Phi) is 2.81. The van der Waals surface area contributed by atoms with E-state index in [4.69, 9.17) is 0 Å². The van der Waals surface area contributed by atoms with Crippen molar-refractivity contribution in [3.8, 4) is 11.4 Å². The van der Waals surface area contributed by atoms with Crippen LogP contribution in [-0.2, 0) is 10.3 Å². The van der Waals surface area contributed by atoms with Gasteiger partial charge in [-0.1, -0.05) is 23.8 Å². The van der Waals surface area contributed by atoms with Crippen LogP contribution >= 0.6 is 0 Å². The monoisotopic (exact) mass is 272 g/mol. The van der Waals surface area contributed by atoms with Crippen LogP contribution in [0.4, 0.5) is 0 Å². The van der Waals surface area contributed by atoms with Crippen LogP contribution in [0.15, 0.2) is 18.2 Å². The number of hydrogen-bond acceptors (Lipinski definition) is 4. The van der Waals surface area contributed by atoms with E-state index in [1.165, 1.54) is 4.68 Å². The summed E-state index contributed by atoms with van der Waals surface area (Å²) in [6.45, 7) is 4.00. The second kappa shape index (κ2) is 4.40. The van der Waals surface area contributed by atoms with Gasteiger partial charge in [0.05, 0.1) is 0 Å². The molecule has 1 aromatic carbocycles. The molecule has 1 aliphatic rings. The molecule has 1 aliphatic carbocycles. The predicted octanol–water partition coefficient (Wildman–Crippen LogP) is 1.92. The van der Waals surface area contributed by atoms with E-state index in [1.807, 2.05) is 32.0 Å². The molecule has 0 spiro atoms. The van der Waals surface area contributed by atoms with Crippen LogP contribution in [-0.4, -0.2) is 31.3 Å². The molecule has 0 bridgehead atoms. The molecule has 2 aromatic rings. The fourth-order valence-electron chi connectivity index (χ4n) is 2.74. The molecule has 0 radical (unpaired) electrons. The number of tetrazole rings is 1. The molecule has 104 valence electrons. The van der Waals surface area contributed by atoms with Crippen molar-refractivity contribution < 1.29 is 9.90 Å². The lowest BCUT2D eigenvalue weighted by Gasteiger charge is -2.37. The summed E-state index contributed by atoms with van der Waals surface area (Å²) >= 11 is 0. The first-order valence-electron chi connectivity index (χ1n) is 6.64. The topological polar surface area (TPSA) is 80.9 Å². The van der Waals surface area contributed by atoms with E-state index in [0.717, 1.165) is 23.1 Å². The Bertz CT molecular complexity index is 674. The first kappa shape index (κ1) is 12.8. The van der Waals surface area contributed by atoms with Gasteiger partial charge in [-0.05, 0) is 49.1 Å². The molecule has 6 heteroatoms. The SMILES string of the molecule is Cc1ccc(-c2nnnn2C2(C(=O)O)CCC2)c(C)c1. The summed E-state index contributed by atoms with van der Waals surface area (Å²) < 4.78 is 1.48. The zero-order chi connectivity index (χ0) is 14.3. The summed E-state index contributed by atoms with van der Waals surface area (Å²) in [6, 6.07) is 5.97. The number of aliphatic carboxylic acids is 1. The third-order valence-corrected chi connectivity index (χ3v) is 4.08. The number of carbonyl (C=O) groups is 1. The number of carboxylic acids is 1. The van der Waals surface area contributed by atoms with Gasteiger partial charge in [0, 0.05) is 5.56 Å². The lowest BCUT2D eigenvalue weighted by Crippen LogP contribution is -2.48. The van der Waals surface area contributed by atoms with Gasteiger partial charge < -0.3 is 5.11 Å². The number of benzene rings is 1. The van der Waals surface area contributed by atoms with Crippen molar-refractivity contribution in [2.24, 2.45) is 0 Å². The molecule has 3 rings (SSSR count). The fraction of sp³-hybridized carbons (Fsp3) is 0.429. The van der Waals surface area contributed by atoms with Crippen molar-refractivity contribution in [1.29, 1.82) is 0 Å². The molecule has 0 aliphatic heterocycles. The van der Waals surface area contributed by atoms with Crippen molar-refractivity contribution in [2.75, 3.05) is 0 Å². The Labute approximate surface area is 116 Å². The zero-order valence-electron chi connectivity index (χ0n) is 11.5. The average Bonchev–Trinajstić information content (AvgIpc) is 2.76. The lowest BCUT2D eigenvalue weighted by atomic mass is 9.76. The molecule has 1 saturated carbocycles. The smallest absolute Gasteiger partial charge is 0.331 e. The molecule has 1 aromatic heterocycles. The molecular formula is C14H16N4O2. The molecule has 1 N–H and O–H groups in total. The lowest BCUT2D eigenvalue weighted by molar-refractivity contribution is -0.153. The maximum absolute atomic E-state index is 11.6. The first-order valence-corrected chi connectivity index (χ1v) is 6.64. The first-order chi connectivity index (χ1) is 9.54. The van der Waals surface area contributed by atoms with Gasteiger partial charge in [0.2, 0.25) is 0 Å². The van der Waals surface area contributed by atoms with Gasteiger partial charge in [0.25, 0.3) is 0 Å². The van der Waals surface area contributed by atoms with E-state index in [1.54, 1.807) is 0 Å². The highest BCUT2D eigenvalue weighted by Gasteiger charge is 2.49. The minimum atomic E-state index is -0.976. The van der Waals surface area contributed by atoms with Gasteiger partial charge in [-0.25, -0.2) is 9.48 Å². The minimum absolute atomic E-state index is 0.532. The second-order valence-corrected chi connectivity index (χ2v) is 5.42. The molecule has 1 fully saturated rings. The van der Waals surface area contributed by atoms with Crippen LogP contribution in [0.2, 0.25) is 0 Å². The maximum Gasteiger partial charge on any atom is 0.331 e. The number of aromatic nitrogens is 4. The van der Waals surface area contributed by atoms with Gasteiger partial charge in [-0.2, -0.15) is 0 Å². The Morgan fingerprint density at radius 2 is 2.10 bits per heavy atom. The number of carboxylic acid groups (broad SMARTS) is 1. The van der Waals surface area contributed by atoms with E-state index < -0.39 is 11.5 Å². The molecule has 20 heavy (non-hydrogen) atoms. The molecule has 0 unspecified atom stereocenters. The standard InChI is InChI=1S/C14H16N4O2/c1-9-4-5-11(10(2)8-9)12-15-16-17-18(12)14(13(19)20)6-3-7-14/h4-5,8H,3,6-7H2,1-2H3,(H,19,20). The summed E-state index contributed by atoms with van der Waals surface area (Å²) in [5.41, 5.74) is 2.10. The molecule has 0 atom stereocenters. The predicted molar refractivity (Wildman–Crippen MR) is 72.2 cm³/mol. The fourth-order valence-corrected chi connectivity index (χ4v) is 2.74. The highest BCUT2D eigenvalue weighted by Crippen LogP contribution is 2.41. The van der Waals surface area contributed by atoms with Crippen LogP contribution in [0.25, 0.3) is 11.4 Å². The van der Waals surface area contributed by atoms with Crippen LogP contribution in [0.1, 0.15) is 30.4 Å². The van der Waals surface area contributed by atoms with E-state index >= 15 is 0 Å². The van der Waals surface area contributed by atoms with Gasteiger partial charge in [0.1, 0.15) is 0 Å². The molecule has 6 nitrogen and oxygen atoms in total. The Morgan fingerprint density at radius 3 is 2.65 bits per heavy atom. The van der Waals surface area contributed by atoms with Crippen molar-refractivity contribution in [3.05, 3.63) is 29.3 Å². The van der Waals surface area contributed by atoms with Crippen LogP contribution in [0, 0.1) is 13.8 Å². The van der Waals surface area contributed by atoms with Gasteiger partial charge >= 0.3 is 5.97 Å². The average molecular weight is 272 g/mol. The molecule has 1 heterocycles. The van der Waals surface area contributed by atoms with Gasteiger partial charge in [0.15, 0.2) is 11.4 Å². The van der Waals surface area contributed by atoms with E-state index in [0.29, 0.717) is 18.7 Å². The quantitative estimate of drug-likeness (QED) is 0.923. The Morgan fingerprint density at radius 1 is 1.35 bits per heavy atom. The zero-order valence-corrected chi connectivity index (χ0v) is 11.5. The Balaban J connectivity index is 2.13. The minimum Gasteiger partial charge on any atom is -0.479 e. The maximum atomic E-state index is 11.6. The van der Waals surface area contributed by atoms with Gasteiger partial charge in [-0.3, -0.25) is 0 Å². The number of rotatable bonds is 3. The summed E-state index contributed by atoms with van der Waals surface area (Å²) in [6.07, 6.45) is 2.04. The van der Waals surface area contributed by atoms with Crippen molar-refractivity contribution in [3.63, 3.8) is 0 Å². The van der Waals surface area contributed by atoms with Crippen LogP contribution in [0.3, 0.4) is 0 Å². The van der Waals surface area contributed by atoms with E-state index in [2.05, 4.69) is 15.5 Å². The van der Waals surface area contributed by atoms with Crippen molar-refractivity contribution in [2.45, 2.75) is 38.6 Å². The van der Waals surface area contributed by atoms with E-state index in [9.17, 15) is 9.90 Å². The van der Waals surface area contributed by atoms with Crippen LogP contribution in [0.5, 0.6) is 0 Å².